The van der Waals surface area contributed by atoms with Crippen molar-refractivity contribution in [3.63, 3.8) is 0 Å². The Labute approximate surface area is 239 Å². The zero-order chi connectivity index (χ0) is 29.2. The van der Waals surface area contributed by atoms with Gasteiger partial charge in [-0.05, 0) is 48.8 Å². The summed E-state index contributed by atoms with van der Waals surface area (Å²) in [6.45, 7) is 6.99. The number of benzene rings is 1. The van der Waals surface area contributed by atoms with Crippen LogP contribution in [-0.2, 0) is 25.6 Å². The van der Waals surface area contributed by atoms with Gasteiger partial charge in [0.1, 0.15) is 15.7 Å². The monoisotopic (exact) mass is 598 g/mol. The van der Waals surface area contributed by atoms with Gasteiger partial charge in [0, 0.05) is 42.0 Å². The molecule has 1 saturated carbocycles. The lowest BCUT2D eigenvalue weighted by Crippen LogP contribution is -2.57. The van der Waals surface area contributed by atoms with Gasteiger partial charge in [-0.2, -0.15) is 9.19 Å². The molecule has 4 heterocycles. The number of sulfone groups is 1. The van der Waals surface area contributed by atoms with Crippen LogP contribution in [-0.4, -0.2) is 73.5 Å². The standard InChI is InChI=1S/C27H34N8O4S2/c1-17(2)22-7-8-25(34-12-19(18(34)3)14-40(4,36)37)24-11-29-26(9-23(22)24)33-27(30-15-28-16-31-27)20-10-32-35(13-20)41(38,39)21-5-6-21/h7-11,13,15-19,21H,5-6,12,14H2,1-4H3,(H,29,33)(H,28,30,31)/t18-,19-/m1/s1. The van der Waals surface area contributed by atoms with Crippen molar-refractivity contribution in [3.8, 4) is 0 Å². The third-order valence-corrected chi connectivity index (χ3v) is 11.2. The van der Waals surface area contributed by atoms with Gasteiger partial charge in [-0.3, -0.25) is 0 Å². The van der Waals surface area contributed by atoms with Gasteiger partial charge >= 0.3 is 0 Å². The third kappa shape index (κ3) is 5.07. The van der Waals surface area contributed by atoms with Crippen LogP contribution < -0.4 is 15.5 Å². The summed E-state index contributed by atoms with van der Waals surface area (Å²) in [6.07, 6.45) is 10.3. The van der Waals surface area contributed by atoms with Gasteiger partial charge in [-0.15, -0.1) is 0 Å². The van der Waals surface area contributed by atoms with Gasteiger partial charge in [-0.25, -0.2) is 31.8 Å². The van der Waals surface area contributed by atoms with E-state index in [1.165, 1.54) is 31.3 Å². The number of nitrogens with zero attached hydrogens (tertiary/aromatic N) is 6. The first kappa shape index (κ1) is 27.6. The highest BCUT2D eigenvalue weighted by atomic mass is 32.2. The average Bonchev–Trinajstić information content (AvgIpc) is 3.66. The van der Waals surface area contributed by atoms with Crippen molar-refractivity contribution in [1.29, 1.82) is 0 Å². The molecule has 3 aliphatic rings. The zero-order valence-corrected chi connectivity index (χ0v) is 25.0. The molecule has 2 aromatic heterocycles. The minimum absolute atomic E-state index is 0.0823. The van der Waals surface area contributed by atoms with Crippen LogP contribution in [0.4, 0.5) is 11.5 Å². The molecule has 12 nitrogen and oxygen atoms in total. The molecule has 0 bridgehead atoms. The molecule has 41 heavy (non-hydrogen) atoms. The summed E-state index contributed by atoms with van der Waals surface area (Å²) in [4.78, 5) is 16.0. The Morgan fingerprint density at radius 3 is 2.46 bits per heavy atom. The normalized spacial score (nSPS) is 22.1. The Hall–Kier alpha value is -3.52. The molecule has 0 radical (unpaired) electrons. The van der Waals surface area contributed by atoms with Crippen LogP contribution in [0.15, 0.2) is 46.8 Å². The summed E-state index contributed by atoms with van der Waals surface area (Å²) < 4.78 is 50.3. The van der Waals surface area contributed by atoms with Gasteiger partial charge in [0.25, 0.3) is 15.8 Å². The fraction of sp³-hybridized carbons (Fsp3) is 0.481. The molecule has 1 aliphatic carbocycles. The lowest BCUT2D eigenvalue weighted by atomic mass is 9.88. The summed E-state index contributed by atoms with van der Waals surface area (Å²) in [5.41, 5.74) is 2.62. The van der Waals surface area contributed by atoms with Crippen molar-refractivity contribution >= 4 is 54.8 Å². The van der Waals surface area contributed by atoms with Gasteiger partial charge in [0.05, 0.1) is 41.6 Å². The fourth-order valence-corrected chi connectivity index (χ4v) is 8.23. The maximum atomic E-state index is 12.8. The van der Waals surface area contributed by atoms with E-state index in [2.05, 4.69) is 63.5 Å². The molecular weight excluding hydrogens is 564 g/mol. The van der Waals surface area contributed by atoms with Gasteiger partial charge < -0.3 is 15.5 Å². The Kier molecular flexibility index (Phi) is 6.60. The minimum Gasteiger partial charge on any atom is -0.368 e. The van der Waals surface area contributed by atoms with Crippen LogP contribution in [0.2, 0.25) is 0 Å². The second-order valence-corrected chi connectivity index (χ2v) is 15.8. The lowest BCUT2D eigenvalue weighted by molar-refractivity contribution is 0.342. The number of nitrogens with one attached hydrogen (secondary N) is 2. The molecule has 0 amide bonds. The summed E-state index contributed by atoms with van der Waals surface area (Å²) in [5.74, 6) is -0.349. The largest absolute Gasteiger partial charge is 0.368 e. The minimum atomic E-state index is -3.55. The molecule has 3 aromatic rings. The second-order valence-electron chi connectivity index (χ2n) is 11.5. The maximum absolute atomic E-state index is 12.8. The molecule has 1 saturated heterocycles. The van der Waals surface area contributed by atoms with Crippen molar-refractivity contribution in [2.45, 2.75) is 56.6 Å². The maximum Gasteiger partial charge on any atom is 0.259 e. The number of aromatic nitrogens is 3. The first-order chi connectivity index (χ1) is 19.4. The Morgan fingerprint density at radius 2 is 1.83 bits per heavy atom. The number of aliphatic imine (C=N–C) groups is 2. The van der Waals surface area contributed by atoms with Crippen LogP contribution in [0.25, 0.3) is 10.8 Å². The average molecular weight is 599 g/mol. The topological polar surface area (TPSA) is 151 Å². The van der Waals surface area contributed by atoms with Crippen molar-refractivity contribution in [1.82, 2.24) is 19.5 Å². The van der Waals surface area contributed by atoms with E-state index in [0.29, 0.717) is 30.8 Å². The van der Waals surface area contributed by atoms with E-state index in [1.807, 2.05) is 12.3 Å². The van der Waals surface area contributed by atoms with Crippen LogP contribution in [0.1, 0.15) is 50.7 Å². The first-order valence-corrected chi connectivity index (χ1v) is 17.2. The highest BCUT2D eigenvalue weighted by Gasteiger charge is 2.41. The summed E-state index contributed by atoms with van der Waals surface area (Å²) in [7, 11) is -6.60. The Balaban J connectivity index is 1.36. The Morgan fingerprint density at radius 1 is 1.10 bits per heavy atom. The van der Waals surface area contributed by atoms with E-state index in [1.54, 1.807) is 0 Å². The van der Waals surface area contributed by atoms with E-state index in [4.69, 9.17) is 4.98 Å². The first-order valence-electron chi connectivity index (χ1n) is 13.7. The van der Waals surface area contributed by atoms with Gasteiger partial charge in [0.2, 0.25) is 0 Å². The molecular formula is C27H34N8O4S2. The third-order valence-electron chi connectivity index (χ3n) is 8.09. The predicted molar refractivity (Wildman–Crippen MR) is 161 cm³/mol. The number of hydrogen-bond donors (Lipinski definition) is 2. The summed E-state index contributed by atoms with van der Waals surface area (Å²) >= 11 is 0. The van der Waals surface area contributed by atoms with Crippen molar-refractivity contribution in [3.05, 3.63) is 47.9 Å². The quantitative estimate of drug-likeness (QED) is 0.379. The van der Waals surface area contributed by atoms with Crippen molar-refractivity contribution < 1.29 is 16.8 Å². The van der Waals surface area contributed by atoms with Crippen molar-refractivity contribution in [2.24, 2.45) is 15.9 Å². The number of fused-ring (bicyclic) bond motifs is 1. The summed E-state index contributed by atoms with van der Waals surface area (Å²) in [5, 5.41) is 11.9. The van der Waals surface area contributed by atoms with E-state index < -0.39 is 30.9 Å². The molecule has 2 atom stereocenters. The number of pyridine rings is 1. The van der Waals surface area contributed by atoms with Crippen LogP contribution in [0.3, 0.4) is 0 Å². The lowest BCUT2D eigenvalue weighted by Gasteiger charge is -2.48. The van der Waals surface area contributed by atoms with E-state index >= 15 is 0 Å². The molecule has 0 unspecified atom stereocenters. The van der Waals surface area contributed by atoms with Gasteiger partial charge in [-0.1, -0.05) is 19.9 Å². The second kappa shape index (κ2) is 9.79. The molecule has 218 valence electrons. The summed E-state index contributed by atoms with van der Waals surface area (Å²) in [6, 6.07) is 6.26. The van der Waals surface area contributed by atoms with E-state index in [-0.39, 0.29) is 23.6 Å². The van der Waals surface area contributed by atoms with E-state index in [9.17, 15) is 16.8 Å². The predicted octanol–water partition coefficient (Wildman–Crippen LogP) is 2.65. The molecule has 0 spiro atoms. The van der Waals surface area contributed by atoms with Crippen LogP contribution in [0.5, 0.6) is 0 Å². The number of rotatable bonds is 9. The molecule has 2 aliphatic heterocycles. The van der Waals surface area contributed by atoms with Crippen LogP contribution >= 0.6 is 0 Å². The van der Waals surface area contributed by atoms with E-state index in [0.717, 1.165) is 26.1 Å². The molecule has 1 aromatic carbocycles. The smallest absolute Gasteiger partial charge is 0.259 e. The number of anilines is 2. The Bertz CT molecular complexity index is 1770. The van der Waals surface area contributed by atoms with Crippen LogP contribution in [0, 0.1) is 5.92 Å². The zero-order valence-electron chi connectivity index (χ0n) is 23.4. The molecule has 2 fully saturated rings. The molecule has 14 heteroatoms. The SMILES string of the molecule is CC(C)c1ccc(N2C[C@H](CS(C)(=O)=O)[C@H]2C)c2cnc(NC3(c4cnn(S(=O)(=O)C5CC5)c4)N=CNC=N3)cc12. The highest BCUT2D eigenvalue weighted by Crippen LogP contribution is 2.40. The fourth-order valence-electron chi connectivity index (χ4n) is 5.59. The van der Waals surface area contributed by atoms with Gasteiger partial charge in [0.15, 0.2) is 0 Å². The highest BCUT2D eigenvalue weighted by molar-refractivity contribution is 7.90. The molecule has 2 N–H and O–H groups in total. The van der Waals surface area contributed by atoms with Crippen molar-refractivity contribution in [2.75, 3.05) is 28.8 Å². The number of hydrogen-bond acceptors (Lipinski definition) is 11. The molecule has 6 rings (SSSR count).